The van der Waals surface area contributed by atoms with E-state index in [1.165, 1.54) is 24.3 Å². The number of nitrogens with one attached hydrogen (secondary N) is 1. The fraction of sp³-hybridized carbons (Fsp3) is 0.143. The van der Waals surface area contributed by atoms with E-state index < -0.39 is 33.6 Å². The van der Waals surface area contributed by atoms with Crippen LogP contribution < -0.4 is 10.1 Å². The van der Waals surface area contributed by atoms with Crippen molar-refractivity contribution < 1.29 is 32.2 Å². The van der Waals surface area contributed by atoms with Crippen molar-refractivity contribution in [3.05, 3.63) is 102 Å². The molecule has 0 spiro atoms. The van der Waals surface area contributed by atoms with Crippen LogP contribution >= 0.6 is 0 Å². The molecule has 1 atom stereocenters. The molecule has 0 bridgehead atoms. The molecule has 38 heavy (non-hydrogen) atoms. The Balaban J connectivity index is 1.73. The van der Waals surface area contributed by atoms with Gasteiger partial charge in [0.15, 0.2) is 22.5 Å². The molecule has 0 radical (unpaired) electrons. The lowest BCUT2D eigenvalue weighted by Gasteiger charge is -2.16. The van der Waals surface area contributed by atoms with Crippen molar-refractivity contribution in [1.82, 2.24) is 9.88 Å². The Kier molecular flexibility index (Phi) is 7.63. The average molecular weight is 537 g/mol. The molecule has 1 heterocycles. The van der Waals surface area contributed by atoms with E-state index in [1.807, 2.05) is 0 Å². The average Bonchev–Trinajstić information content (AvgIpc) is 3.23. The van der Waals surface area contributed by atoms with Gasteiger partial charge in [-0.05, 0) is 67.1 Å². The van der Waals surface area contributed by atoms with Crippen LogP contribution in [0, 0.1) is 12.7 Å². The summed E-state index contributed by atoms with van der Waals surface area (Å²) in [6.07, 6.45) is 1.10. The summed E-state index contributed by atoms with van der Waals surface area (Å²) in [5, 5.41) is 12.5. The van der Waals surface area contributed by atoms with Crippen molar-refractivity contribution in [2.24, 2.45) is 0 Å². The SMILES string of the molecule is Cc1c(C(NC(=O)COc2ccccc2)C(=O)O)cc(-c2ccc(S(C)(=O)=O)cc2)n1-c1ccc(F)cc1. The molecule has 0 fully saturated rings. The summed E-state index contributed by atoms with van der Waals surface area (Å²) < 4.78 is 44.7. The molecule has 0 saturated heterocycles. The Morgan fingerprint density at radius 3 is 2.21 bits per heavy atom. The number of aromatic nitrogens is 1. The number of aliphatic carboxylic acids is 1. The zero-order valence-electron chi connectivity index (χ0n) is 20.6. The number of halogens is 1. The Morgan fingerprint density at radius 1 is 1.00 bits per heavy atom. The second-order valence-corrected chi connectivity index (χ2v) is 10.6. The first-order valence-electron chi connectivity index (χ1n) is 11.5. The topological polar surface area (TPSA) is 115 Å². The summed E-state index contributed by atoms with van der Waals surface area (Å²) in [5.41, 5.74) is 2.48. The Bertz CT molecular complexity index is 1560. The van der Waals surface area contributed by atoms with E-state index in [0.29, 0.717) is 34.0 Å². The predicted molar refractivity (Wildman–Crippen MR) is 139 cm³/mol. The maximum absolute atomic E-state index is 13.7. The van der Waals surface area contributed by atoms with Crippen LogP contribution in [0.4, 0.5) is 4.39 Å². The lowest BCUT2D eigenvalue weighted by atomic mass is 10.1. The van der Waals surface area contributed by atoms with Gasteiger partial charge >= 0.3 is 5.97 Å². The lowest BCUT2D eigenvalue weighted by molar-refractivity contribution is -0.142. The van der Waals surface area contributed by atoms with E-state index >= 15 is 0 Å². The Morgan fingerprint density at radius 2 is 1.63 bits per heavy atom. The first-order valence-corrected chi connectivity index (χ1v) is 13.4. The van der Waals surface area contributed by atoms with Gasteiger partial charge in [0.25, 0.3) is 5.91 Å². The number of amides is 1. The van der Waals surface area contributed by atoms with E-state index in [2.05, 4.69) is 5.32 Å². The van der Waals surface area contributed by atoms with Gasteiger partial charge in [0.2, 0.25) is 0 Å². The largest absolute Gasteiger partial charge is 0.484 e. The zero-order valence-corrected chi connectivity index (χ0v) is 21.4. The number of carboxylic acid groups (broad SMARTS) is 1. The molecule has 4 aromatic rings. The van der Waals surface area contributed by atoms with Crippen LogP contribution in [-0.4, -0.2) is 42.8 Å². The molecule has 0 saturated carbocycles. The van der Waals surface area contributed by atoms with Crippen molar-refractivity contribution in [2.45, 2.75) is 17.9 Å². The summed E-state index contributed by atoms with van der Waals surface area (Å²) in [6.45, 7) is 1.31. The van der Waals surface area contributed by atoms with Gasteiger partial charge in [-0.2, -0.15) is 0 Å². The summed E-state index contributed by atoms with van der Waals surface area (Å²) in [4.78, 5) is 25.0. The molecule has 1 aromatic heterocycles. The quantitative estimate of drug-likeness (QED) is 0.329. The molecule has 4 rings (SSSR count). The van der Waals surface area contributed by atoms with E-state index in [-0.39, 0.29) is 11.5 Å². The molecule has 3 aromatic carbocycles. The van der Waals surface area contributed by atoms with Gasteiger partial charge in [-0.1, -0.05) is 30.3 Å². The third-order valence-corrected chi connectivity index (χ3v) is 7.05. The minimum atomic E-state index is -3.42. The molecule has 0 aliphatic carbocycles. The van der Waals surface area contributed by atoms with Gasteiger partial charge in [-0.3, -0.25) is 4.79 Å². The fourth-order valence-electron chi connectivity index (χ4n) is 4.07. The Hall–Kier alpha value is -4.44. The van der Waals surface area contributed by atoms with Crippen LogP contribution in [0.15, 0.2) is 89.8 Å². The highest BCUT2D eigenvalue weighted by Gasteiger charge is 2.28. The number of hydrogen-bond acceptors (Lipinski definition) is 5. The minimum absolute atomic E-state index is 0.132. The maximum atomic E-state index is 13.7. The van der Waals surface area contributed by atoms with Gasteiger partial charge in [0.1, 0.15) is 11.6 Å². The summed E-state index contributed by atoms with van der Waals surface area (Å²) in [7, 11) is -3.42. The van der Waals surface area contributed by atoms with Gasteiger partial charge in [0.05, 0.1) is 10.6 Å². The molecule has 196 valence electrons. The highest BCUT2D eigenvalue weighted by atomic mass is 32.2. The van der Waals surface area contributed by atoms with Crippen LogP contribution in [0.3, 0.4) is 0 Å². The number of rotatable bonds is 9. The molecule has 10 heteroatoms. The summed E-state index contributed by atoms with van der Waals surface area (Å²) in [6, 6.07) is 20.6. The van der Waals surface area contributed by atoms with Crippen molar-refractivity contribution in [1.29, 1.82) is 0 Å². The van der Waals surface area contributed by atoms with Crippen molar-refractivity contribution in [2.75, 3.05) is 12.9 Å². The van der Waals surface area contributed by atoms with Gasteiger partial charge in [-0.15, -0.1) is 0 Å². The van der Waals surface area contributed by atoms with E-state index in [9.17, 15) is 27.5 Å². The minimum Gasteiger partial charge on any atom is -0.484 e. The van der Waals surface area contributed by atoms with Crippen LogP contribution in [0.2, 0.25) is 0 Å². The van der Waals surface area contributed by atoms with Crippen molar-refractivity contribution in [3.8, 4) is 22.7 Å². The van der Waals surface area contributed by atoms with Crippen molar-refractivity contribution >= 4 is 21.7 Å². The number of para-hydroxylation sites is 1. The molecule has 8 nitrogen and oxygen atoms in total. The number of ether oxygens (including phenoxy) is 1. The van der Waals surface area contributed by atoms with Gasteiger partial charge < -0.3 is 19.7 Å². The molecule has 1 unspecified atom stereocenters. The second-order valence-electron chi connectivity index (χ2n) is 8.62. The maximum Gasteiger partial charge on any atom is 0.330 e. The van der Waals surface area contributed by atoms with Crippen LogP contribution in [0.1, 0.15) is 17.3 Å². The monoisotopic (exact) mass is 536 g/mol. The number of carboxylic acids is 1. The standard InChI is InChI=1S/C28H25FN2O6S/c1-18-24(27(28(33)34)30-26(32)17-37-22-6-4-3-5-7-22)16-25(31(18)21-12-10-20(29)11-13-21)19-8-14-23(15-9-19)38(2,35)36/h3-16,27H,17H2,1-2H3,(H,30,32)(H,33,34). The molecular formula is C28H25FN2O6S. The predicted octanol–water partition coefficient (Wildman–Crippen LogP) is 4.32. The van der Waals surface area contributed by atoms with Crippen molar-refractivity contribution in [3.63, 3.8) is 0 Å². The van der Waals surface area contributed by atoms with Gasteiger partial charge in [0, 0.05) is 23.2 Å². The van der Waals surface area contributed by atoms with E-state index in [0.717, 1.165) is 6.26 Å². The van der Waals surface area contributed by atoms with Crippen LogP contribution in [0.25, 0.3) is 16.9 Å². The number of nitrogens with zero attached hydrogens (tertiary/aromatic N) is 1. The lowest BCUT2D eigenvalue weighted by Crippen LogP contribution is -2.37. The van der Waals surface area contributed by atoms with Crippen LogP contribution in [-0.2, 0) is 19.4 Å². The third kappa shape index (κ3) is 5.92. The number of hydrogen-bond donors (Lipinski definition) is 2. The summed E-state index contributed by atoms with van der Waals surface area (Å²) in [5.74, 6) is -1.88. The molecule has 2 N–H and O–H groups in total. The van der Waals surface area contributed by atoms with Gasteiger partial charge in [-0.25, -0.2) is 17.6 Å². The summed E-state index contributed by atoms with van der Waals surface area (Å²) >= 11 is 0. The molecule has 1 amide bonds. The first kappa shape index (κ1) is 26.6. The number of carbonyl (C=O) groups excluding carboxylic acids is 1. The number of carbonyl (C=O) groups is 2. The van der Waals surface area contributed by atoms with E-state index in [1.54, 1.807) is 72.2 Å². The molecular weight excluding hydrogens is 511 g/mol. The first-order chi connectivity index (χ1) is 18.0. The zero-order chi connectivity index (χ0) is 27.4. The van der Waals surface area contributed by atoms with E-state index in [4.69, 9.17) is 4.74 Å². The number of benzene rings is 3. The molecule has 0 aliphatic heterocycles. The fourth-order valence-corrected chi connectivity index (χ4v) is 4.70. The smallest absolute Gasteiger partial charge is 0.330 e. The Labute approximate surface area is 219 Å². The van der Waals surface area contributed by atoms with Crippen LogP contribution in [0.5, 0.6) is 5.75 Å². The normalized spacial score (nSPS) is 12.1. The second kappa shape index (κ2) is 10.9. The highest BCUT2D eigenvalue weighted by Crippen LogP contribution is 2.33. The third-order valence-electron chi connectivity index (χ3n) is 5.93. The molecule has 0 aliphatic rings. The number of sulfone groups is 1. The highest BCUT2D eigenvalue weighted by molar-refractivity contribution is 7.90.